The summed E-state index contributed by atoms with van der Waals surface area (Å²) in [6.07, 6.45) is 5.94. The molecule has 0 aromatic heterocycles. The van der Waals surface area contributed by atoms with Crippen LogP contribution in [0.4, 0.5) is 0 Å². The number of carbonyl (C=O) groups excluding carboxylic acids is 1. The van der Waals surface area contributed by atoms with Gasteiger partial charge in [-0.15, -0.1) is 0 Å². The largest absolute Gasteiger partial charge is 0.340 e. The van der Waals surface area contributed by atoms with E-state index in [1.165, 1.54) is 30.4 Å². The summed E-state index contributed by atoms with van der Waals surface area (Å²) in [7, 11) is 4.28. The van der Waals surface area contributed by atoms with Crippen LogP contribution in [0.15, 0.2) is 24.3 Å². The van der Waals surface area contributed by atoms with Crippen LogP contribution in [-0.2, 0) is 4.79 Å². The van der Waals surface area contributed by atoms with Gasteiger partial charge in [0.2, 0.25) is 5.91 Å². The maximum Gasteiger partial charge on any atom is 0.225 e. The van der Waals surface area contributed by atoms with Gasteiger partial charge in [0.15, 0.2) is 0 Å². The molecule has 1 heterocycles. The van der Waals surface area contributed by atoms with Crippen LogP contribution in [-0.4, -0.2) is 48.9 Å². The molecule has 3 nitrogen and oxygen atoms in total. The molecule has 0 spiro atoms. The average molecular weight is 314 g/mol. The Balaban J connectivity index is 1.75. The summed E-state index contributed by atoms with van der Waals surface area (Å²) < 4.78 is 0. The normalized spacial score (nSPS) is 26.0. The van der Waals surface area contributed by atoms with Gasteiger partial charge in [0, 0.05) is 31.0 Å². The predicted molar refractivity (Wildman–Crippen MR) is 94.6 cm³/mol. The van der Waals surface area contributed by atoms with Crippen LogP contribution in [0, 0.1) is 12.8 Å². The molecular formula is C20H30N2O. The molecular weight excluding hydrogens is 284 g/mol. The smallest absolute Gasteiger partial charge is 0.225 e. The van der Waals surface area contributed by atoms with Crippen molar-refractivity contribution >= 4 is 5.91 Å². The fourth-order valence-corrected chi connectivity index (χ4v) is 4.24. The minimum absolute atomic E-state index is 0.281. The quantitative estimate of drug-likeness (QED) is 0.853. The van der Waals surface area contributed by atoms with Crippen LogP contribution in [0.5, 0.6) is 0 Å². The molecule has 1 saturated carbocycles. The Morgan fingerprint density at radius 2 is 1.70 bits per heavy atom. The molecule has 1 aromatic carbocycles. The summed E-state index contributed by atoms with van der Waals surface area (Å²) in [5.74, 6) is 1.12. The lowest BCUT2D eigenvalue weighted by atomic mass is 9.88. The van der Waals surface area contributed by atoms with Crippen molar-refractivity contribution in [3.8, 4) is 0 Å². The number of rotatable bonds is 3. The van der Waals surface area contributed by atoms with Gasteiger partial charge in [0.25, 0.3) is 0 Å². The van der Waals surface area contributed by atoms with Gasteiger partial charge in [0.1, 0.15) is 0 Å². The van der Waals surface area contributed by atoms with Crippen molar-refractivity contribution in [2.45, 2.75) is 51.0 Å². The van der Waals surface area contributed by atoms with Crippen LogP contribution in [0.3, 0.4) is 0 Å². The Hall–Kier alpha value is -1.35. The van der Waals surface area contributed by atoms with E-state index < -0.39 is 0 Å². The topological polar surface area (TPSA) is 23.6 Å². The first-order valence-corrected chi connectivity index (χ1v) is 9.08. The number of likely N-dealkylation sites (tertiary alicyclic amines) is 1. The SMILES string of the molecule is Cc1ccc([C@H]2CN(C(=O)C3CCCCC3)C[C@@H]2N(C)C)cc1. The molecule has 0 radical (unpaired) electrons. The number of aryl methyl sites for hydroxylation is 1. The molecule has 1 aliphatic carbocycles. The van der Waals surface area contributed by atoms with Gasteiger partial charge in [-0.3, -0.25) is 4.79 Å². The average Bonchev–Trinajstić information content (AvgIpc) is 3.01. The lowest BCUT2D eigenvalue weighted by molar-refractivity contribution is -0.135. The molecule has 0 bridgehead atoms. The van der Waals surface area contributed by atoms with Crippen LogP contribution in [0.1, 0.15) is 49.1 Å². The third kappa shape index (κ3) is 3.60. The third-order valence-electron chi connectivity index (χ3n) is 5.72. The monoisotopic (exact) mass is 314 g/mol. The summed E-state index contributed by atoms with van der Waals surface area (Å²) in [5, 5.41) is 0. The van der Waals surface area contributed by atoms with E-state index in [-0.39, 0.29) is 5.92 Å². The highest BCUT2D eigenvalue weighted by atomic mass is 16.2. The zero-order chi connectivity index (χ0) is 16.4. The van der Waals surface area contributed by atoms with E-state index >= 15 is 0 Å². The van der Waals surface area contributed by atoms with E-state index in [1.54, 1.807) is 0 Å². The van der Waals surface area contributed by atoms with Crippen molar-refractivity contribution in [1.82, 2.24) is 9.80 Å². The molecule has 23 heavy (non-hydrogen) atoms. The van der Waals surface area contributed by atoms with Crippen molar-refractivity contribution in [3.05, 3.63) is 35.4 Å². The number of likely N-dealkylation sites (N-methyl/N-ethyl adjacent to an activating group) is 1. The number of benzene rings is 1. The van der Waals surface area contributed by atoms with Crippen molar-refractivity contribution in [3.63, 3.8) is 0 Å². The fourth-order valence-electron chi connectivity index (χ4n) is 4.24. The third-order valence-corrected chi connectivity index (χ3v) is 5.72. The zero-order valence-corrected chi connectivity index (χ0v) is 14.8. The van der Waals surface area contributed by atoms with Gasteiger partial charge >= 0.3 is 0 Å². The fraction of sp³-hybridized carbons (Fsp3) is 0.650. The second-order valence-corrected chi connectivity index (χ2v) is 7.63. The molecule has 0 N–H and O–H groups in total. The second kappa shape index (κ2) is 7.04. The van der Waals surface area contributed by atoms with E-state index in [2.05, 4.69) is 55.1 Å². The maximum absolute atomic E-state index is 12.9. The number of hydrogen-bond donors (Lipinski definition) is 0. The van der Waals surface area contributed by atoms with Crippen LogP contribution in [0.2, 0.25) is 0 Å². The summed E-state index contributed by atoms with van der Waals surface area (Å²) in [5.41, 5.74) is 2.66. The minimum Gasteiger partial charge on any atom is -0.340 e. The first kappa shape index (κ1) is 16.5. The molecule has 1 aliphatic heterocycles. The minimum atomic E-state index is 0.281. The van der Waals surface area contributed by atoms with Gasteiger partial charge in [-0.1, -0.05) is 49.1 Å². The lowest BCUT2D eigenvalue weighted by Gasteiger charge is -2.27. The van der Waals surface area contributed by atoms with Crippen molar-refractivity contribution in [2.24, 2.45) is 5.92 Å². The number of carbonyl (C=O) groups is 1. The van der Waals surface area contributed by atoms with Crippen LogP contribution < -0.4 is 0 Å². The van der Waals surface area contributed by atoms with E-state index in [1.807, 2.05) is 0 Å². The Morgan fingerprint density at radius 3 is 2.30 bits per heavy atom. The van der Waals surface area contributed by atoms with Gasteiger partial charge in [-0.25, -0.2) is 0 Å². The summed E-state index contributed by atoms with van der Waals surface area (Å²) in [4.78, 5) is 17.3. The molecule has 3 rings (SSSR count). The predicted octanol–water partition coefficient (Wildman–Crippen LogP) is 3.43. The maximum atomic E-state index is 12.9. The molecule has 2 atom stereocenters. The highest BCUT2D eigenvalue weighted by Gasteiger charge is 2.39. The van der Waals surface area contributed by atoms with Gasteiger partial charge in [-0.2, -0.15) is 0 Å². The molecule has 1 amide bonds. The number of amides is 1. The highest BCUT2D eigenvalue weighted by molar-refractivity contribution is 5.79. The Morgan fingerprint density at radius 1 is 1.04 bits per heavy atom. The summed E-state index contributed by atoms with van der Waals surface area (Å²) in [6.45, 7) is 3.88. The van der Waals surface area contributed by atoms with Crippen LogP contribution in [0.25, 0.3) is 0 Å². The molecule has 1 aromatic rings. The van der Waals surface area contributed by atoms with E-state index in [4.69, 9.17) is 0 Å². The Labute approximate surface area is 140 Å². The summed E-state index contributed by atoms with van der Waals surface area (Å²) >= 11 is 0. The van der Waals surface area contributed by atoms with Crippen molar-refractivity contribution in [2.75, 3.05) is 27.2 Å². The lowest BCUT2D eigenvalue weighted by Crippen LogP contribution is -2.38. The van der Waals surface area contributed by atoms with Gasteiger partial charge < -0.3 is 9.80 Å². The highest BCUT2D eigenvalue weighted by Crippen LogP contribution is 2.33. The molecule has 126 valence electrons. The molecule has 3 heteroatoms. The number of nitrogens with zero attached hydrogens (tertiary/aromatic N) is 2. The molecule has 0 unspecified atom stereocenters. The number of hydrogen-bond acceptors (Lipinski definition) is 2. The van der Waals surface area contributed by atoms with Crippen molar-refractivity contribution < 1.29 is 4.79 Å². The van der Waals surface area contributed by atoms with Gasteiger partial charge in [0.05, 0.1) is 0 Å². The van der Waals surface area contributed by atoms with Crippen molar-refractivity contribution in [1.29, 1.82) is 0 Å². The van der Waals surface area contributed by atoms with E-state index in [9.17, 15) is 4.79 Å². The first-order chi connectivity index (χ1) is 11.1. The first-order valence-electron chi connectivity index (χ1n) is 9.08. The Bertz CT molecular complexity index is 531. The second-order valence-electron chi connectivity index (χ2n) is 7.63. The van der Waals surface area contributed by atoms with Crippen LogP contribution >= 0.6 is 0 Å². The zero-order valence-electron chi connectivity index (χ0n) is 14.8. The van der Waals surface area contributed by atoms with Gasteiger partial charge in [-0.05, 0) is 39.4 Å². The molecule has 2 aliphatic rings. The Kier molecular flexibility index (Phi) is 5.05. The van der Waals surface area contributed by atoms with E-state index in [0.717, 1.165) is 25.9 Å². The van der Waals surface area contributed by atoms with E-state index in [0.29, 0.717) is 17.9 Å². The molecule has 1 saturated heterocycles. The summed E-state index contributed by atoms with van der Waals surface area (Å²) in [6, 6.07) is 9.28. The molecule has 2 fully saturated rings. The standard InChI is InChI=1S/C20H30N2O/c1-15-9-11-16(12-10-15)18-13-22(14-19(18)21(2)3)20(23)17-7-5-4-6-8-17/h9-12,17-19H,4-8,13-14H2,1-3H3/t18-,19+/m1/s1.